The molecule has 0 radical (unpaired) electrons. The quantitative estimate of drug-likeness (QED) is 0.418. The fourth-order valence-electron chi connectivity index (χ4n) is 3.93. The molecule has 162 valence electrons. The van der Waals surface area contributed by atoms with Crippen molar-refractivity contribution in [1.29, 1.82) is 0 Å². The Balaban J connectivity index is 1.61. The summed E-state index contributed by atoms with van der Waals surface area (Å²) >= 11 is 1.33. The van der Waals surface area contributed by atoms with E-state index in [0.29, 0.717) is 35.2 Å². The Morgan fingerprint density at radius 1 is 1.00 bits per heavy atom. The molecule has 0 N–H and O–H groups in total. The summed E-state index contributed by atoms with van der Waals surface area (Å²) in [5.41, 5.74) is 2.35. The Bertz CT molecular complexity index is 1260. The van der Waals surface area contributed by atoms with Crippen LogP contribution in [0.1, 0.15) is 17.0 Å². The van der Waals surface area contributed by atoms with Crippen LogP contribution in [0.4, 0.5) is 9.52 Å². The lowest BCUT2D eigenvalue weighted by Gasteiger charge is -2.31. The number of anilines is 1. The Hall–Kier alpha value is -3.29. The third-order valence-electron chi connectivity index (χ3n) is 5.53. The maximum atomic E-state index is 14.1. The van der Waals surface area contributed by atoms with Crippen molar-refractivity contribution in [1.82, 2.24) is 9.88 Å². The van der Waals surface area contributed by atoms with Gasteiger partial charge >= 0.3 is 0 Å². The first-order valence-electron chi connectivity index (χ1n) is 10.4. The maximum Gasteiger partial charge on any atom is 0.241 e. The zero-order chi connectivity index (χ0) is 22.2. The number of fused-ring (bicyclic) bond motifs is 3. The topological polar surface area (TPSA) is 45.7 Å². The average Bonchev–Trinajstić information content (AvgIpc) is 3.19. The molecular formula is C25H22FN3O2S. The van der Waals surface area contributed by atoms with Gasteiger partial charge in [0.15, 0.2) is 5.13 Å². The first kappa shape index (κ1) is 20.6. The Labute approximate surface area is 189 Å². The molecule has 5 nitrogen and oxygen atoms in total. The summed E-state index contributed by atoms with van der Waals surface area (Å²) in [5.74, 6) is 0.467. The lowest BCUT2D eigenvalue weighted by atomic mass is 9.87. The highest BCUT2D eigenvalue weighted by molar-refractivity contribution is 7.22. The number of ether oxygens (including phenoxy) is 1. The highest BCUT2D eigenvalue weighted by Gasteiger charge is 2.36. The minimum atomic E-state index is -0.512. The number of likely N-dealkylation sites (N-methyl/N-ethyl adjacent to an activating group) is 1. The molecule has 0 fully saturated rings. The summed E-state index contributed by atoms with van der Waals surface area (Å²) in [7, 11) is 3.94. The van der Waals surface area contributed by atoms with Crippen molar-refractivity contribution in [3.63, 3.8) is 0 Å². The van der Waals surface area contributed by atoms with Crippen molar-refractivity contribution in [3.8, 4) is 11.5 Å². The Morgan fingerprint density at radius 3 is 2.31 bits per heavy atom. The molecule has 0 unspecified atom stereocenters. The van der Waals surface area contributed by atoms with Gasteiger partial charge in [-0.3, -0.25) is 9.69 Å². The van der Waals surface area contributed by atoms with Crippen LogP contribution in [-0.4, -0.2) is 43.0 Å². The molecule has 0 atom stereocenters. The molecule has 0 saturated heterocycles. The second-order valence-corrected chi connectivity index (χ2v) is 9.02. The molecule has 1 aliphatic heterocycles. The van der Waals surface area contributed by atoms with Crippen molar-refractivity contribution in [2.45, 2.75) is 5.92 Å². The molecule has 1 aliphatic rings. The normalized spacial score (nSPS) is 13.0. The van der Waals surface area contributed by atoms with Gasteiger partial charge in [-0.1, -0.05) is 47.7 Å². The summed E-state index contributed by atoms with van der Waals surface area (Å²) in [6.45, 7) is 1.14. The second kappa shape index (κ2) is 8.33. The smallest absolute Gasteiger partial charge is 0.241 e. The summed E-state index contributed by atoms with van der Waals surface area (Å²) < 4.78 is 20.5. The van der Waals surface area contributed by atoms with Gasteiger partial charge in [0.05, 0.1) is 16.1 Å². The van der Waals surface area contributed by atoms with Crippen molar-refractivity contribution >= 4 is 32.6 Å². The maximum absolute atomic E-state index is 14.1. The van der Waals surface area contributed by atoms with E-state index in [1.54, 1.807) is 11.0 Å². The lowest BCUT2D eigenvalue weighted by molar-refractivity contribution is -0.119. The van der Waals surface area contributed by atoms with Crippen LogP contribution in [-0.2, 0) is 4.79 Å². The van der Waals surface area contributed by atoms with Gasteiger partial charge in [0, 0.05) is 24.2 Å². The minimum Gasteiger partial charge on any atom is -0.457 e. The Kier molecular flexibility index (Phi) is 5.36. The van der Waals surface area contributed by atoms with E-state index in [1.165, 1.54) is 23.5 Å². The van der Waals surface area contributed by atoms with Gasteiger partial charge in [-0.15, -0.1) is 0 Å². The van der Waals surface area contributed by atoms with Crippen LogP contribution in [0.2, 0.25) is 0 Å². The molecule has 0 spiro atoms. The lowest BCUT2D eigenvalue weighted by Crippen LogP contribution is -2.40. The number of halogens is 1. The number of nitrogens with zero attached hydrogens (tertiary/aromatic N) is 3. The molecule has 5 rings (SSSR count). The van der Waals surface area contributed by atoms with Gasteiger partial charge in [0.25, 0.3) is 0 Å². The number of thiazole rings is 1. The molecule has 0 saturated carbocycles. The van der Waals surface area contributed by atoms with E-state index in [2.05, 4.69) is 4.98 Å². The molecular weight excluding hydrogens is 425 g/mol. The zero-order valence-corrected chi connectivity index (χ0v) is 18.6. The molecule has 2 heterocycles. The van der Waals surface area contributed by atoms with E-state index in [9.17, 15) is 9.18 Å². The van der Waals surface area contributed by atoms with Gasteiger partial charge in [-0.25, -0.2) is 9.37 Å². The fraction of sp³-hybridized carbons (Fsp3) is 0.200. The number of benzene rings is 3. The van der Waals surface area contributed by atoms with E-state index in [-0.39, 0.29) is 11.7 Å². The number of carbonyl (C=O) groups is 1. The highest BCUT2D eigenvalue weighted by atomic mass is 32.1. The van der Waals surface area contributed by atoms with Crippen LogP contribution in [0.5, 0.6) is 11.5 Å². The average molecular weight is 448 g/mol. The van der Waals surface area contributed by atoms with Crippen molar-refractivity contribution in [3.05, 3.63) is 83.7 Å². The number of amides is 1. The predicted octanol–water partition coefficient (Wildman–Crippen LogP) is 5.27. The number of hydrogen-bond donors (Lipinski definition) is 0. The van der Waals surface area contributed by atoms with Gasteiger partial charge in [0.2, 0.25) is 5.91 Å². The Morgan fingerprint density at radius 2 is 1.66 bits per heavy atom. The van der Waals surface area contributed by atoms with Gasteiger partial charge in [-0.05, 0) is 44.4 Å². The molecule has 1 aromatic heterocycles. The van der Waals surface area contributed by atoms with E-state index in [0.717, 1.165) is 15.8 Å². The zero-order valence-electron chi connectivity index (χ0n) is 17.8. The largest absolute Gasteiger partial charge is 0.457 e. The minimum absolute atomic E-state index is 0.0745. The molecule has 7 heteroatoms. The van der Waals surface area contributed by atoms with Crippen LogP contribution >= 0.6 is 11.3 Å². The summed E-state index contributed by atoms with van der Waals surface area (Å²) in [6.07, 6.45) is 0. The SMILES string of the molecule is CN(C)CCN(C(=O)C1c2ccccc2Oc2ccccc21)c1nc2ccc(F)cc2s1. The van der Waals surface area contributed by atoms with Gasteiger partial charge in [-0.2, -0.15) is 0 Å². The van der Waals surface area contributed by atoms with Gasteiger partial charge in [0.1, 0.15) is 17.3 Å². The van der Waals surface area contributed by atoms with Crippen molar-refractivity contribution in [2.24, 2.45) is 0 Å². The third kappa shape index (κ3) is 3.74. The van der Waals surface area contributed by atoms with Crippen LogP contribution in [0, 0.1) is 5.82 Å². The summed E-state index contributed by atoms with van der Waals surface area (Å²) in [5, 5.41) is 0.568. The highest BCUT2D eigenvalue weighted by Crippen LogP contribution is 2.45. The van der Waals surface area contributed by atoms with Crippen LogP contribution in [0.15, 0.2) is 66.7 Å². The summed E-state index contributed by atoms with van der Waals surface area (Å²) in [4.78, 5) is 22.5. The van der Waals surface area contributed by atoms with Gasteiger partial charge < -0.3 is 9.64 Å². The van der Waals surface area contributed by atoms with Crippen LogP contribution < -0.4 is 9.64 Å². The summed E-state index contributed by atoms with van der Waals surface area (Å²) in [6, 6.07) is 19.8. The van der Waals surface area contributed by atoms with Crippen molar-refractivity contribution < 1.29 is 13.9 Å². The van der Waals surface area contributed by atoms with Crippen LogP contribution in [0.3, 0.4) is 0 Å². The standard InChI is InChI=1S/C25H22FN3O2S/c1-28(2)13-14-29(25-27-19-12-11-16(26)15-22(19)32-25)24(30)23-17-7-3-5-9-20(17)31-21-10-6-4-8-18(21)23/h3-12,15,23H,13-14H2,1-2H3. The van der Waals surface area contributed by atoms with E-state index in [4.69, 9.17) is 4.74 Å². The second-order valence-electron chi connectivity index (χ2n) is 8.01. The molecule has 3 aromatic carbocycles. The first-order valence-corrected chi connectivity index (χ1v) is 11.2. The number of hydrogen-bond acceptors (Lipinski definition) is 5. The molecule has 32 heavy (non-hydrogen) atoms. The molecule has 0 aliphatic carbocycles. The molecule has 1 amide bonds. The number of carbonyl (C=O) groups excluding carboxylic acids is 1. The first-order chi connectivity index (χ1) is 15.5. The van der Waals surface area contributed by atoms with Crippen molar-refractivity contribution in [2.75, 3.05) is 32.1 Å². The van der Waals surface area contributed by atoms with E-state index < -0.39 is 5.92 Å². The van der Waals surface area contributed by atoms with E-state index in [1.807, 2.05) is 67.5 Å². The van der Waals surface area contributed by atoms with Crippen LogP contribution in [0.25, 0.3) is 10.2 Å². The fourth-order valence-corrected chi connectivity index (χ4v) is 4.96. The molecule has 4 aromatic rings. The van der Waals surface area contributed by atoms with E-state index >= 15 is 0 Å². The predicted molar refractivity (Wildman–Crippen MR) is 125 cm³/mol. The number of para-hydroxylation sites is 2. The monoisotopic (exact) mass is 447 g/mol. The molecule has 0 bridgehead atoms. The third-order valence-corrected chi connectivity index (χ3v) is 6.57. The number of aromatic nitrogens is 1. The number of rotatable bonds is 5.